The number of benzene rings is 1. The number of hydrogen-bond acceptors (Lipinski definition) is 6. The number of urea groups is 1. The van der Waals surface area contributed by atoms with Crippen molar-refractivity contribution in [3.05, 3.63) is 60.0 Å². The van der Waals surface area contributed by atoms with Gasteiger partial charge in [-0.05, 0) is 23.8 Å². The zero-order valence-electron chi connectivity index (χ0n) is 16.7. The second-order valence-electron chi connectivity index (χ2n) is 7.75. The summed E-state index contributed by atoms with van der Waals surface area (Å²) in [5.41, 5.74) is 2.97. The van der Waals surface area contributed by atoms with Gasteiger partial charge in [-0.3, -0.25) is 14.9 Å². The lowest BCUT2D eigenvalue weighted by molar-refractivity contribution is 0.261. The average Bonchev–Trinajstić information content (AvgIpc) is 3.10. The number of aromatic nitrogens is 2. The molecule has 3 rings (SSSR count). The van der Waals surface area contributed by atoms with Gasteiger partial charge in [0.25, 0.3) is 10.1 Å². The van der Waals surface area contributed by atoms with Crippen molar-refractivity contribution in [1.29, 1.82) is 0 Å². The molecule has 0 spiro atoms. The van der Waals surface area contributed by atoms with Crippen LogP contribution in [0.3, 0.4) is 0 Å². The molecule has 0 fully saturated rings. The van der Waals surface area contributed by atoms with Gasteiger partial charge in [-0.15, -0.1) is 0 Å². The first-order valence-corrected chi connectivity index (χ1v) is 10.7. The Labute approximate surface area is 174 Å². The average molecular weight is 430 g/mol. The highest BCUT2D eigenvalue weighted by Gasteiger charge is 2.19. The van der Waals surface area contributed by atoms with Crippen LogP contribution < -0.4 is 10.6 Å². The number of rotatable bonds is 5. The lowest BCUT2D eigenvalue weighted by atomic mass is 9.92. The second kappa shape index (κ2) is 8.25. The fraction of sp³-hybridized carbons (Fsp3) is 0.250. The SMILES string of the molecule is CC(C)(C)c1cc(NC(=O)Nc2ccc(-c3ccc(CS(=O)(=O)O)nc3)cc2)on1. The molecule has 0 bridgehead atoms. The van der Waals surface area contributed by atoms with Crippen LogP contribution in [0.4, 0.5) is 16.4 Å². The zero-order valence-corrected chi connectivity index (χ0v) is 17.5. The van der Waals surface area contributed by atoms with E-state index in [1.165, 1.54) is 12.3 Å². The summed E-state index contributed by atoms with van der Waals surface area (Å²) in [4.78, 5) is 16.2. The summed E-state index contributed by atoms with van der Waals surface area (Å²) in [5.74, 6) is -0.279. The van der Waals surface area contributed by atoms with Gasteiger partial charge in [-0.2, -0.15) is 8.42 Å². The molecule has 3 N–H and O–H groups in total. The van der Waals surface area contributed by atoms with Gasteiger partial charge < -0.3 is 9.84 Å². The Morgan fingerprint density at radius 3 is 2.27 bits per heavy atom. The van der Waals surface area contributed by atoms with Crippen LogP contribution in [0.1, 0.15) is 32.2 Å². The summed E-state index contributed by atoms with van der Waals surface area (Å²) in [6.07, 6.45) is 1.52. The Kier molecular flexibility index (Phi) is 5.90. The lowest BCUT2D eigenvalue weighted by Gasteiger charge is -2.12. The Balaban J connectivity index is 1.61. The third kappa shape index (κ3) is 5.88. The van der Waals surface area contributed by atoms with Crippen molar-refractivity contribution in [2.75, 3.05) is 10.6 Å². The molecule has 2 aromatic heterocycles. The molecule has 0 radical (unpaired) electrons. The topological polar surface area (TPSA) is 134 Å². The number of amides is 2. The highest BCUT2D eigenvalue weighted by molar-refractivity contribution is 7.85. The minimum atomic E-state index is -4.12. The molecule has 0 aliphatic heterocycles. The fourth-order valence-electron chi connectivity index (χ4n) is 2.58. The molecule has 0 saturated carbocycles. The van der Waals surface area contributed by atoms with Crippen molar-refractivity contribution in [2.24, 2.45) is 0 Å². The van der Waals surface area contributed by atoms with Crippen LogP contribution in [-0.4, -0.2) is 29.1 Å². The summed E-state index contributed by atoms with van der Waals surface area (Å²) in [7, 11) is -4.12. The van der Waals surface area contributed by atoms with Crippen LogP contribution >= 0.6 is 0 Å². The fourth-order valence-corrected chi connectivity index (χ4v) is 3.12. The highest BCUT2D eigenvalue weighted by atomic mass is 32.2. The molecule has 0 aliphatic carbocycles. The molecule has 9 nitrogen and oxygen atoms in total. The summed E-state index contributed by atoms with van der Waals surface area (Å²) in [5, 5.41) is 9.25. The number of carbonyl (C=O) groups is 1. The van der Waals surface area contributed by atoms with Crippen LogP contribution in [-0.2, 0) is 21.3 Å². The molecule has 0 atom stereocenters. The Hall–Kier alpha value is -3.24. The van der Waals surface area contributed by atoms with Gasteiger partial charge >= 0.3 is 6.03 Å². The first kappa shape index (κ1) is 21.5. The molecule has 0 saturated heterocycles. The molecule has 3 aromatic rings. The minimum absolute atomic E-state index is 0.185. The highest BCUT2D eigenvalue weighted by Crippen LogP contribution is 2.24. The van der Waals surface area contributed by atoms with Gasteiger partial charge in [-0.1, -0.05) is 44.1 Å². The predicted octanol–water partition coefficient (Wildman–Crippen LogP) is 4.07. The zero-order chi connectivity index (χ0) is 21.9. The van der Waals surface area contributed by atoms with E-state index in [1.54, 1.807) is 36.4 Å². The first-order chi connectivity index (χ1) is 14.0. The van der Waals surface area contributed by atoms with Crippen molar-refractivity contribution >= 4 is 27.7 Å². The number of nitrogens with zero attached hydrogens (tertiary/aromatic N) is 2. The maximum absolute atomic E-state index is 12.2. The van der Waals surface area contributed by atoms with Crippen molar-refractivity contribution in [1.82, 2.24) is 10.1 Å². The van der Waals surface area contributed by atoms with Crippen LogP contribution in [0.2, 0.25) is 0 Å². The third-order valence-corrected chi connectivity index (χ3v) is 4.81. The van der Waals surface area contributed by atoms with Gasteiger partial charge in [0.15, 0.2) is 0 Å². The van der Waals surface area contributed by atoms with E-state index in [1.807, 2.05) is 20.8 Å². The maximum Gasteiger partial charge on any atom is 0.326 e. The van der Waals surface area contributed by atoms with E-state index in [-0.39, 0.29) is 17.0 Å². The van der Waals surface area contributed by atoms with Crippen LogP contribution in [0.25, 0.3) is 11.1 Å². The molecule has 2 heterocycles. The van der Waals surface area contributed by atoms with E-state index in [0.717, 1.165) is 16.8 Å². The molecule has 10 heteroatoms. The molecule has 158 valence electrons. The molecule has 1 aromatic carbocycles. The van der Waals surface area contributed by atoms with Crippen molar-refractivity contribution < 1.29 is 22.3 Å². The van der Waals surface area contributed by atoms with Gasteiger partial charge in [0.2, 0.25) is 5.88 Å². The van der Waals surface area contributed by atoms with E-state index >= 15 is 0 Å². The number of anilines is 2. The monoisotopic (exact) mass is 430 g/mol. The Morgan fingerprint density at radius 1 is 1.07 bits per heavy atom. The Morgan fingerprint density at radius 2 is 1.73 bits per heavy atom. The number of carbonyl (C=O) groups excluding carboxylic acids is 1. The normalized spacial score (nSPS) is 11.9. The van der Waals surface area contributed by atoms with Gasteiger partial charge in [-0.25, -0.2) is 4.79 Å². The maximum atomic E-state index is 12.2. The predicted molar refractivity (Wildman–Crippen MR) is 113 cm³/mol. The Bertz CT molecular complexity index is 1130. The van der Waals surface area contributed by atoms with Crippen molar-refractivity contribution in [3.63, 3.8) is 0 Å². The number of pyridine rings is 1. The van der Waals surface area contributed by atoms with E-state index in [9.17, 15) is 13.2 Å². The van der Waals surface area contributed by atoms with Crippen LogP contribution in [0.15, 0.2) is 53.2 Å². The first-order valence-electron chi connectivity index (χ1n) is 9.05. The molecule has 2 amide bonds. The van der Waals surface area contributed by atoms with E-state index < -0.39 is 21.9 Å². The minimum Gasteiger partial charge on any atom is -0.338 e. The molecule has 0 aliphatic rings. The second-order valence-corrected chi connectivity index (χ2v) is 9.20. The van der Waals surface area contributed by atoms with E-state index in [2.05, 4.69) is 20.8 Å². The molecular formula is C20H22N4O5S. The van der Waals surface area contributed by atoms with E-state index in [4.69, 9.17) is 9.08 Å². The van der Waals surface area contributed by atoms with Crippen LogP contribution in [0.5, 0.6) is 0 Å². The van der Waals surface area contributed by atoms with Gasteiger partial charge in [0.1, 0.15) is 5.75 Å². The van der Waals surface area contributed by atoms with Crippen molar-refractivity contribution in [2.45, 2.75) is 31.9 Å². The lowest BCUT2D eigenvalue weighted by Crippen LogP contribution is -2.19. The largest absolute Gasteiger partial charge is 0.338 e. The van der Waals surface area contributed by atoms with E-state index in [0.29, 0.717) is 5.69 Å². The summed E-state index contributed by atoms with van der Waals surface area (Å²) in [6.45, 7) is 5.98. The molecule has 30 heavy (non-hydrogen) atoms. The smallest absolute Gasteiger partial charge is 0.326 e. The molecule has 0 unspecified atom stereocenters. The number of nitrogens with one attached hydrogen (secondary N) is 2. The standard InChI is InChI=1S/C20H22N4O5S/c1-20(2,3)17-10-18(29-24-17)23-19(25)22-15-7-4-13(5-8-15)14-6-9-16(21-11-14)12-30(26,27)28/h4-11H,12H2,1-3H3,(H2,22,23,25)(H,26,27,28). The molecular weight excluding hydrogens is 408 g/mol. The van der Waals surface area contributed by atoms with Crippen LogP contribution in [0, 0.1) is 0 Å². The van der Waals surface area contributed by atoms with Gasteiger partial charge in [0.05, 0.1) is 11.4 Å². The van der Waals surface area contributed by atoms with Crippen molar-refractivity contribution in [3.8, 4) is 11.1 Å². The third-order valence-electron chi connectivity index (χ3n) is 4.15. The van der Waals surface area contributed by atoms with Gasteiger partial charge in [0, 0.05) is 28.9 Å². The summed E-state index contributed by atoms with van der Waals surface area (Å²) >= 11 is 0. The summed E-state index contributed by atoms with van der Waals surface area (Å²) in [6, 6.07) is 11.5. The number of hydrogen-bond donors (Lipinski definition) is 3. The quantitative estimate of drug-likeness (QED) is 0.519. The summed E-state index contributed by atoms with van der Waals surface area (Å²) < 4.78 is 35.8.